The maximum atomic E-state index is 12.1. The first-order valence-electron chi connectivity index (χ1n) is 7.10. The maximum absolute atomic E-state index is 12.1. The first-order valence-corrected chi connectivity index (χ1v) is 8.58. The maximum Gasteiger partial charge on any atom is 0.251 e. The molecule has 1 saturated carbocycles. The third-order valence-corrected chi connectivity index (χ3v) is 4.89. The van der Waals surface area contributed by atoms with E-state index in [0.717, 1.165) is 0 Å². The molecule has 116 valence electrons. The van der Waals surface area contributed by atoms with E-state index in [1.165, 1.54) is 25.0 Å². The fourth-order valence-electron chi connectivity index (χ4n) is 1.91. The van der Waals surface area contributed by atoms with Gasteiger partial charge in [0.05, 0.1) is 4.90 Å². The molecule has 0 radical (unpaired) electrons. The zero-order chi connectivity index (χ0) is 15.7. The van der Waals surface area contributed by atoms with Gasteiger partial charge in [-0.2, -0.15) is 0 Å². The number of sulfonamides is 1. The molecule has 0 saturated heterocycles. The second kappa shape index (κ2) is 5.77. The van der Waals surface area contributed by atoms with Gasteiger partial charge in [0.15, 0.2) is 0 Å². The van der Waals surface area contributed by atoms with Gasteiger partial charge in [0.25, 0.3) is 5.91 Å². The van der Waals surface area contributed by atoms with E-state index in [9.17, 15) is 13.2 Å². The molecule has 0 heterocycles. The molecule has 0 bridgehead atoms. The summed E-state index contributed by atoms with van der Waals surface area (Å²) in [4.78, 5) is 12.1. The van der Waals surface area contributed by atoms with Crippen LogP contribution in [0.5, 0.6) is 0 Å². The Balaban J connectivity index is 2.05. The van der Waals surface area contributed by atoms with Crippen LogP contribution in [0.25, 0.3) is 0 Å². The zero-order valence-electron chi connectivity index (χ0n) is 12.6. The SMILES string of the molecule is CC(C)(C)NS(=O)(=O)c1ccc(C(=O)NCC2CC2)cc1. The van der Waals surface area contributed by atoms with Crippen molar-refractivity contribution in [3.63, 3.8) is 0 Å². The molecule has 1 fully saturated rings. The predicted molar refractivity (Wildman–Crippen MR) is 81.6 cm³/mol. The fraction of sp³-hybridized carbons (Fsp3) is 0.533. The van der Waals surface area contributed by atoms with Crippen molar-refractivity contribution in [3.8, 4) is 0 Å². The molecule has 0 unspecified atom stereocenters. The Morgan fingerprint density at radius 1 is 1.19 bits per heavy atom. The summed E-state index contributed by atoms with van der Waals surface area (Å²) in [6.45, 7) is 6.04. The van der Waals surface area contributed by atoms with E-state index < -0.39 is 15.6 Å². The number of benzene rings is 1. The molecule has 0 aromatic heterocycles. The highest BCUT2D eigenvalue weighted by Crippen LogP contribution is 2.27. The molecule has 1 aliphatic rings. The summed E-state index contributed by atoms with van der Waals surface area (Å²) < 4.78 is 26.9. The Labute approximate surface area is 126 Å². The van der Waals surface area contributed by atoms with Crippen LogP contribution in [0.4, 0.5) is 0 Å². The van der Waals surface area contributed by atoms with Gasteiger partial charge >= 0.3 is 0 Å². The molecule has 0 spiro atoms. The monoisotopic (exact) mass is 310 g/mol. The highest BCUT2D eigenvalue weighted by molar-refractivity contribution is 7.89. The second-order valence-corrected chi connectivity index (χ2v) is 8.22. The molecule has 1 aromatic rings. The van der Waals surface area contributed by atoms with E-state index in [-0.39, 0.29) is 10.8 Å². The minimum absolute atomic E-state index is 0.158. The molecule has 1 aromatic carbocycles. The van der Waals surface area contributed by atoms with Crippen LogP contribution in [-0.4, -0.2) is 26.4 Å². The number of carbonyl (C=O) groups is 1. The third kappa shape index (κ3) is 4.82. The minimum Gasteiger partial charge on any atom is -0.352 e. The summed E-state index contributed by atoms with van der Waals surface area (Å²) in [5.41, 5.74) is -0.0653. The second-order valence-electron chi connectivity index (χ2n) is 6.53. The number of carbonyl (C=O) groups excluding carboxylic acids is 1. The van der Waals surface area contributed by atoms with Gasteiger partial charge in [-0.15, -0.1) is 0 Å². The Bertz CT molecular complexity index is 611. The number of rotatable bonds is 5. The lowest BCUT2D eigenvalue weighted by Gasteiger charge is -2.20. The minimum atomic E-state index is -3.56. The summed E-state index contributed by atoms with van der Waals surface area (Å²) in [7, 11) is -3.56. The van der Waals surface area contributed by atoms with Crippen LogP contribution in [0, 0.1) is 5.92 Å². The first kappa shape index (κ1) is 16.0. The van der Waals surface area contributed by atoms with Crippen LogP contribution in [0.3, 0.4) is 0 Å². The van der Waals surface area contributed by atoms with Crippen molar-refractivity contribution >= 4 is 15.9 Å². The normalized spacial score (nSPS) is 15.8. The number of hydrogen-bond donors (Lipinski definition) is 2. The zero-order valence-corrected chi connectivity index (χ0v) is 13.5. The molecule has 1 amide bonds. The predicted octanol–water partition coefficient (Wildman–Crippen LogP) is 1.90. The first-order chi connectivity index (χ1) is 9.67. The van der Waals surface area contributed by atoms with Gasteiger partial charge in [-0.05, 0) is 63.8 Å². The molecule has 6 heteroatoms. The largest absolute Gasteiger partial charge is 0.352 e. The topological polar surface area (TPSA) is 75.3 Å². The van der Waals surface area contributed by atoms with Crippen LogP contribution < -0.4 is 10.0 Å². The number of nitrogens with one attached hydrogen (secondary N) is 2. The summed E-state index contributed by atoms with van der Waals surface area (Å²) >= 11 is 0. The van der Waals surface area contributed by atoms with E-state index in [0.29, 0.717) is 18.0 Å². The van der Waals surface area contributed by atoms with Gasteiger partial charge in [-0.3, -0.25) is 4.79 Å². The summed E-state index contributed by atoms with van der Waals surface area (Å²) in [6.07, 6.45) is 2.35. The fourth-order valence-corrected chi connectivity index (χ4v) is 3.33. The molecule has 1 aliphatic carbocycles. The Hall–Kier alpha value is -1.40. The molecule has 5 nitrogen and oxygen atoms in total. The van der Waals surface area contributed by atoms with Crippen molar-refractivity contribution in [1.82, 2.24) is 10.0 Å². The standard InChI is InChI=1S/C15H22N2O3S/c1-15(2,3)17-21(19,20)13-8-6-12(7-9-13)14(18)16-10-11-4-5-11/h6-9,11,17H,4-5,10H2,1-3H3,(H,16,18). The lowest BCUT2D eigenvalue weighted by molar-refractivity contribution is 0.0951. The van der Waals surface area contributed by atoms with Crippen LogP contribution in [0.2, 0.25) is 0 Å². The van der Waals surface area contributed by atoms with Gasteiger partial charge in [0, 0.05) is 17.6 Å². The van der Waals surface area contributed by atoms with Gasteiger partial charge in [-0.25, -0.2) is 13.1 Å². The third-order valence-electron chi connectivity index (χ3n) is 3.12. The average molecular weight is 310 g/mol. The van der Waals surface area contributed by atoms with Gasteiger partial charge < -0.3 is 5.32 Å². The highest BCUT2D eigenvalue weighted by atomic mass is 32.2. The highest BCUT2D eigenvalue weighted by Gasteiger charge is 2.23. The molecule has 0 aliphatic heterocycles. The van der Waals surface area contributed by atoms with Crippen LogP contribution in [0.1, 0.15) is 44.0 Å². The molecular weight excluding hydrogens is 288 g/mol. The van der Waals surface area contributed by atoms with Gasteiger partial charge in [0.1, 0.15) is 0 Å². The molecule has 2 rings (SSSR count). The van der Waals surface area contributed by atoms with E-state index >= 15 is 0 Å². The van der Waals surface area contributed by atoms with Crippen molar-refractivity contribution < 1.29 is 13.2 Å². The van der Waals surface area contributed by atoms with Crippen molar-refractivity contribution in [2.45, 2.75) is 44.0 Å². The Morgan fingerprint density at radius 3 is 2.24 bits per heavy atom. The molecule has 2 N–H and O–H groups in total. The van der Waals surface area contributed by atoms with Gasteiger partial charge in [0.2, 0.25) is 10.0 Å². The summed E-state index contributed by atoms with van der Waals surface area (Å²) in [6, 6.07) is 6.00. The molecule has 21 heavy (non-hydrogen) atoms. The summed E-state index contributed by atoms with van der Waals surface area (Å²) in [5, 5.41) is 2.85. The van der Waals surface area contributed by atoms with Crippen molar-refractivity contribution in [1.29, 1.82) is 0 Å². The van der Waals surface area contributed by atoms with Crippen molar-refractivity contribution in [3.05, 3.63) is 29.8 Å². The van der Waals surface area contributed by atoms with Crippen LogP contribution in [-0.2, 0) is 10.0 Å². The van der Waals surface area contributed by atoms with E-state index in [1.54, 1.807) is 32.9 Å². The van der Waals surface area contributed by atoms with E-state index in [2.05, 4.69) is 10.0 Å². The Morgan fingerprint density at radius 2 is 1.76 bits per heavy atom. The van der Waals surface area contributed by atoms with E-state index in [1.807, 2.05) is 0 Å². The summed E-state index contributed by atoms with van der Waals surface area (Å²) in [5.74, 6) is 0.458. The molecular formula is C15H22N2O3S. The molecule has 0 atom stereocenters. The van der Waals surface area contributed by atoms with Crippen molar-refractivity contribution in [2.75, 3.05) is 6.54 Å². The number of amides is 1. The van der Waals surface area contributed by atoms with Crippen molar-refractivity contribution in [2.24, 2.45) is 5.92 Å². The number of hydrogen-bond acceptors (Lipinski definition) is 3. The Kier molecular flexibility index (Phi) is 4.39. The smallest absolute Gasteiger partial charge is 0.251 e. The van der Waals surface area contributed by atoms with Crippen LogP contribution >= 0.6 is 0 Å². The average Bonchev–Trinajstić information content (AvgIpc) is 3.17. The van der Waals surface area contributed by atoms with Crippen LogP contribution in [0.15, 0.2) is 29.2 Å². The lowest BCUT2D eigenvalue weighted by Crippen LogP contribution is -2.40. The van der Waals surface area contributed by atoms with E-state index in [4.69, 9.17) is 0 Å². The quantitative estimate of drug-likeness (QED) is 0.872. The van der Waals surface area contributed by atoms with Gasteiger partial charge in [-0.1, -0.05) is 0 Å². The lowest BCUT2D eigenvalue weighted by atomic mass is 10.1.